The maximum absolute atomic E-state index is 11.2. The van der Waals surface area contributed by atoms with Gasteiger partial charge in [0.1, 0.15) is 5.65 Å². The minimum absolute atomic E-state index is 0.0150. The number of aromatic amines is 1. The van der Waals surface area contributed by atoms with Crippen molar-refractivity contribution in [1.29, 1.82) is 0 Å². The summed E-state index contributed by atoms with van der Waals surface area (Å²) in [7, 11) is 0. The Hall–Kier alpha value is -1.51. The van der Waals surface area contributed by atoms with E-state index >= 15 is 0 Å². The topological polar surface area (TPSA) is 37.3 Å². The Morgan fingerprint density at radius 2 is 2.36 bits per heavy atom. The number of nitrogens with zero attached hydrogens (tertiary/aromatic N) is 1. The lowest BCUT2D eigenvalue weighted by Crippen LogP contribution is -2.11. The lowest BCUT2D eigenvalue weighted by Gasteiger charge is -1.94. The molecule has 2 aromatic rings. The second kappa shape index (κ2) is 1.99. The van der Waals surface area contributed by atoms with Crippen molar-refractivity contribution in [3.8, 4) is 0 Å². The fraction of sp³-hybridized carbons (Fsp3) is 0.125. The van der Waals surface area contributed by atoms with Gasteiger partial charge in [0.25, 0.3) is 5.56 Å². The quantitative estimate of drug-likeness (QED) is 0.593. The second-order valence-electron chi connectivity index (χ2n) is 2.55. The van der Waals surface area contributed by atoms with Gasteiger partial charge in [0.05, 0.1) is 0 Å². The third-order valence-electron chi connectivity index (χ3n) is 1.65. The van der Waals surface area contributed by atoms with Gasteiger partial charge in [-0.1, -0.05) is 0 Å². The maximum Gasteiger partial charge on any atom is 0.257 e. The highest BCUT2D eigenvalue weighted by atomic mass is 16.1. The van der Waals surface area contributed by atoms with Gasteiger partial charge in [-0.3, -0.25) is 9.20 Å². The van der Waals surface area contributed by atoms with E-state index in [9.17, 15) is 4.79 Å². The van der Waals surface area contributed by atoms with Crippen molar-refractivity contribution in [1.82, 2.24) is 9.38 Å². The summed E-state index contributed by atoms with van der Waals surface area (Å²) in [6.45, 7) is 1.87. The number of aromatic nitrogens is 2. The van der Waals surface area contributed by atoms with Crippen LogP contribution >= 0.6 is 0 Å². The van der Waals surface area contributed by atoms with E-state index < -0.39 is 0 Å². The molecule has 3 nitrogen and oxygen atoms in total. The van der Waals surface area contributed by atoms with Crippen molar-refractivity contribution < 1.29 is 0 Å². The van der Waals surface area contributed by atoms with Crippen LogP contribution in [0.4, 0.5) is 0 Å². The van der Waals surface area contributed by atoms with Crippen LogP contribution in [0.1, 0.15) is 5.69 Å². The number of nitrogens with one attached hydrogen (secondary N) is 1. The van der Waals surface area contributed by atoms with Crippen molar-refractivity contribution in [3.63, 3.8) is 0 Å². The van der Waals surface area contributed by atoms with Gasteiger partial charge in [0.15, 0.2) is 0 Å². The molecule has 0 aliphatic heterocycles. The van der Waals surface area contributed by atoms with Gasteiger partial charge in [0, 0.05) is 18.0 Å². The van der Waals surface area contributed by atoms with E-state index in [1.54, 1.807) is 16.7 Å². The second-order valence-corrected chi connectivity index (χ2v) is 2.55. The van der Waals surface area contributed by atoms with E-state index in [0.717, 1.165) is 11.3 Å². The SMILES string of the molecule is Cc1cc(=O)n2cccc2[nH]1. The Labute approximate surface area is 63.3 Å². The minimum atomic E-state index is 0.0150. The normalized spacial score (nSPS) is 10.6. The Morgan fingerprint density at radius 1 is 1.55 bits per heavy atom. The molecule has 0 saturated carbocycles. The highest BCUT2D eigenvalue weighted by Crippen LogP contribution is 1.97. The van der Waals surface area contributed by atoms with Gasteiger partial charge in [-0.2, -0.15) is 0 Å². The van der Waals surface area contributed by atoms with E-state index in [4.69, 9.17) is 0 Å². The van der Waals surface area contributed by atoms with E-state index in [0.29, 0.717) is 0 Å². The Kier molecular flexibility index (Phi) is 1.12. The first-order valence-corrected chi connectivity index (χ1v) is 3.44. The van der Waals surface area contributed by atoms with Crippen LogP contribution < -0.4 is 5.56 Å². The molecule has 11 heavy (non-hydrogen) atoms. The molecule has 0 aliphatic rings. The molecule has 0 unspecified atom stereocenters. The molecule has 2 rings (SSSR count). The third kappa shape index (κ3) is 0.852. The van der Waals surface area contributed by atoms with E-state index in [-0.39, 0.29) is 5.56 Å². The van der Waals surface area contributed by atoms with Crippen molar-refractivity contribution in [2.24, 2.45) is 0 Å². The van der Waals surface area contributed by atoms with Crippen LogP contribution in [0.3, 0.4) is 0 Å². The molecule has 0 radical (unpaired) electrons. The fourth-order valence-corrected chi connectivity index (χ4v) is 1.17. The van der Waals surface area contributed by atoms with Crippen LogP contribution in [0.15, 0.2) is 29.2 Å². The summed E-state index contributed by atoms with van der Waals surface area (Å²) in [6, 6.07) is 5.29. The van der Waals surface area contributed by atoms with Crippen LogP contribution in [-0.4, -0.2) is 9.38 Å². The number of H-pyrrole nitrogens is 1. The first kappa shape index (κ1) is 6.22. The average Bonchev–Trinajstić information content (AvgIpc) is 2.34. The zero-order chi connectivity index (χ0) is 7.84. The average molecular weight is 148 g/mol. The van der Waals surface area contributed by atoms with Crippen molar-refractivity contribution in [2.45, 2.75) is 6.92 Å². The summed E-state index contributed by atoms with van der Waals surface area (Å²) in [6.07, 6.45) is 1.74. The largest absolute Gasteiger partial charge is 0.345 e. The standard InChI is InChI=1S/C8H8N2O/c1-6-5-8(11)10-4-2-3-7(10)9-6/h2-5,9H,1H3. The monoisotopic (exact) mass is 148 g/mol. The minimum Gasteiger partial charge on any atom is -0.345 e. The molecular weight excluding hydrogens is 140 g/mol. The summed E-state index contributed by atoms with van der Waals surface area (Å²) in [5, 5.41) is 0. The molecule has 0 atom stereocenters. The van der Waals surface area contributed by atoms with E-state index in [2.05, 4.69) is 4.98 Å². The highest BCUT2D eigenvalue weighted by Gasteiger charge is 1.95. The van der Waals surface area contributed by atoms with Crippen molar-refractivity contribution >= 4 is 5.65 Å². The van der Waals surface area contributed by atoms with Gasteiger partial charge >= 0.3 is 0 Å². The van der Waals surface area contributed by atoms with E-state index in [1.165, 1.54) is 0 Å². The first-order valence-electron chi connectivity index (χ1n) is 3.44. The molecule has 0 aromatic carbocycles. The van der Waals surface area contributed by atoms with Crippen LogP contribution in [0, 0.1) is 6.92 Å². The molecule has 2 aromatic heterocycles. The molecule has 0 amide bonds. The van der Waals surface area contributed by atoms with Gasteiger partial charge in [0.2, 0.25) is 0 Å². The van der Waals surface area contributed by atoms with E-state index in [1.807, 2.05) is 19.1 Å². The summed E-state index contributed by atoms with van der Waals surface area (Å²) in [5.41, 5.74) is 1.75. The predicted molar refractivity (Wildman–Crippen MR) is 42.8 cm³/mol. The smallest absolute Gasteiger partial charge is 0.257 e. The molecule has 56 valence electrons. The lowest BCUT2D eigenvalue weighted by atomic mass is 10.4. The van der Waals surface area contributed by atoms with Crippen LogP contribution in [0.25, 0.3) is 5.65 Å². The molecule has 0 bridgehead atoms. The molecule has 2 heterocycles. The number of hydrogen-bond acceptors (Lipinski definition) is 1. The molecule has 3 heteroatoms. The number of hydrogen-bond donors (Lipinski definition) is 1. The molecule has 0 spiro atoms. The number of fused-ring (bicyclic) bond motifs is 1. The maximum atomic E-state index is 11.2. The number of aryl methyl sites for hydroxylation is 1. The van der Waals surface area contributed by atoms with Crippen molar-refractivity contribution in [3.05, 3.63) is 40.4 Å². The number of rotatable bonds is 0. The van der Waals surface area contributed by atoms with Gasteiger partial charge in [-0.25, -0.2) is 0 Å². The molecule has 0 aliphatic carbocycles. The third-order valence-corrected chi connectivity index (χ3v) is 1.65. The zero-order valence-corrected chi connectivity index (χ0v) is 6.16. The van der Waals surface area contributed by atoms with Crippen LogP contribution in [-0.2, 0) is 0 Å². The van der Waals surface area contributed by atoms with Crippen LogP contribution in [0.2, 0.25) is 0 Å². The highest BCUT2D eigenvalue weighted by molar-refractivity contribution is 5.38. The van der Waals surface area contributed by atoms with Crippen molar-refractivity contribution in [2.75, 3.05) is 0 Å². The molecule has 0 saturated heterocycles. The summed E-state index contributed by atoms with van der Waals surface area (Å²) >= 11 is 0. The molecular formula is C8H8N2O. The Balaban J connectivity index is 3.02. The molecule has 1 N–H and O–H groups in total. The summed E-state index contributed by atoms with van der Waals surface area (Å²) < 4.78 is 1.58. The molecule has 0 fully saturated rings. The summed E-state index contributed by atoms with van der Waals surface area (Å²) in [5.74, 6) is 0. The van der Waals surface area contributed by atoms with Gasteiger partial charge in [-0.05, 0) is 19.1 Å². The summed E-state index contributed by atoms with van der Waals surface area (Å²) in [4.78, 5) is 14.3. The van der Waals surface area contributed by atoms with Crippen LogP contribution in [0.5, 0.6) is 0 Å². The first-order chi connectivity index (χ1) is 5.27. The van der Waals surface area contributed by atoms with Gasteiger partial charge < -0.3 is 4.98 Å². The zero-order valence-electron chi connectivity index (χ0n) is 6.16. The fourth-order valence-electron chi connectivity index (χ4n) is 1.17. The van der Waals surface area contributed by atoms with Gasteiger partial charge in [-0.15, -0.1) is 0 Å². The Morgan fingerprint density at radius 3 is 3.18 bits per heavy atom. The lowest BCUT2D eigenvalue weighted by molar-refractivity contribution is 1.04. The predicted octanol–water partition coefficient (Wildman–Crippen LogP) is 0.936. The Bertz CT molecular complexity index is 439.